The Balaban J connectivity index is 1.56. The number of carbonyl (C=O) groups is 2. The van der Waals surface area contributed by atoms with Crippen molar-refractivity contribution in [3.63, 3.8) is 0 Å². The van der Waals surface area contributed by atoms with Crippen LogP contribution in [-0.2, 0) is 16.0 Å². The summed E-state index contributed by atoms with van der Waals surface area (Å²) in [6.45, 7) is 1.68. The molecule has 1 aliphatic carbocycles. The van der Waals surface area contributed by atoms with Crippen LogP contribution in [0.1, 0.15) is 30.4 Å². The molecule has 0 bridgehead atoms. The molecule has 3 unspecified atom stereocenters. The van der Waals surface area contributed by atoms with Gasteiger partial charge in [0.2, 0.25) is 5.91 Å². The standard InChI is InChI=1S/C21H23NO4/c1-13(21(24)25)10-14-6-8-16(9-7-14)22-20(23)19-12-18(19)15-4-3-5-17(11-15)26-2/h3-9,11,13,18-19H,10,12H2,1-2H3,(H,22,23)(H,24,25). The van der Waals surface area contributed by atoms with Gasteiger partial charge in [-0.2, -0.15) is 0 Å². The molecule has 0 spiro atoms. The average molecular weight is 353 g/mol. The highest BCUT2D eigenvalue weighted by molar-refractivity contribution is 5.95. The Morgan fingerprint density at radius 2 is 1.96 bits per heavy atom. The summed E-state index contributed by atoms with van der Waals surface area (Å²) >= 11 is 0. The molecule has 1 aliphatic rings. The number of carboxylic acid groups (broad SMARTS) is 1. The van der Waals surface area contributed by atoms with Crippen molar-refractivity contribution in [1.29, 1.82) is 0 Å². The van der Waals surface area contributed by atoms with Crippen LogP contribution >= 0.6 is 0 Å². The SMILES string of the molecule is COc1cccc(C2CC2C(=O)Nc2ccc(CC(C)C(=O)O)cc2)c1. The minimum Gasteiger partial charge on any atom is -0.497 e. The van der Waals surface area contributed by atoms with Crippen LogP contribution in [0.2, 0.25) is 0 Å². The number of nitrogens with one attached hydrogen (secondary N) is 1. The molecule has 3 rings (SSSR count). The van der Waals surface area contributed by atoms with Crippen molar-refractivity contribution in [2.45, 2.75) is 25.7 Å². The molecule has 2 N–H and O–H groups in total. The smallest absolute Gasteiger partial charge is 0.306 e. The lowest BCUT2D eigenvalue weighted by Gasteiger charge is -2.09. The number of hydrogen-bond donors (Lipinski definition) is 2. The zero-order valence-electron chi connectivity index (χ0n) is 14.9. The van der Waals surface area contributed by atoms with Gasteiger partial charge in [-0.15, -0.1) is 0 Å². The van der Waals surface area contributed by atoms with E-state index >= 15 is 0 Å². The Labute approximate surface area is 153 Å². The fraction of sp³-hybridized carbons (Fsp3) is 0.333. The third kappa shape index (κ3) is 4.23. The molecular weight excluding hydrogens is 330 g/mol. The van der Waals surface area contributed by atoms with Crippen LogP contribution in [0.5, 0.6) is 5.75 Å². The van der Waals surface area contributed by atoms with Crippen molar-refractivity contribution in [3.8, 4) is 5.75 Å². The third-order valence-corrected chi connectivity index (χ3v) is 4.83. The molecular formula is C21H23NO4. The molecule has 1 amide bonds. The van der Waals surface area contributed by atoms with E-state index in [0.29, 0.717) is 6.42 Å². The summed E-state index contributed by atoms with van der Waals surface area (Å²) in [7, 11) is 1.64. The number of hydrogen-bond acceptors (Lipinski definition) is 3. The number of rotatable bonds is 7. The first-order chi connectivity index (χ1) is 12.5. The first-order valence-corrected chi connectivity index (χ1v) is 8.74. The van der Waals surface area contributed by atoms with Crippen molar-refractivity contribution in [2.24, 2.45) is 11.8 Å². The Morgan fingerprint density at radius 1 is 1.23 bits per heavy atom. The predicted octanol–water partition coefficient (Wildman–Crippen LogP) is 3.70. The zero-order chi connectivity index (χ0) is 18.7. The van der Waals surface area contributed by atoms with Gasteiger partial charge in [0.15, 0.2) is 0 Å². The van der Waals surface area contributed by atoms with Gasteiger partial charge in [0.1, 0.15) is 5.75 Å². The molecule has 0 aliphatic heterocycles. The first kappa shape index (κ1) is 18.0. The van der Waals surface area contributed by atoms with E-state index < -0.39 is 11.9 Å². The molecule has 2 aromatic rings. The monoisotopic (exact) mass is 353 g/mol. The number of benzene rings is 2. The molecule has 0 heterocycles. The number of amides is 1. The van der Waals surface area contributed by atoms with E-state index in [-0.39, 0.29) is 17.7 Å². The average Bonchev–Trinajstić information content (AvgIpc) is 3.44. The van der Waals surface area contributed by atoms with Gasteiger partial charge in [-0.3, -0.25) is 9.59 Å². The number of aliphatic carboxylic acids is 1. The Morgan fingerprint density at radius 3 is 2.62 bits per heavy atom. The topological polar surface area (TPSA) is 75.6 Å². The first-order valence-electron chi connectivity index (χ1n) is 8.74. The molecule has 2 aromatic carbocycles. The van der Waals surface area contributed by atoms with Crippen LogP contribution in [0.25, 0.3) is 0 Å². The summed E-state index contributed by atoms with van der Waals surface area (Å²) in [5, 5.41) is 11.9. The van der Waals surface area contributed by atoms with Gasteiger partial charge in [-0.05, 0) is 54.2 Å². The maximum Gasteiger partial charge on any atom is 0.306 e. The molecule has 136 valence electrons. The number of carboxylic acids is 1. The highest BCUT2D eigenvalue weighted by Gasteiger charge is 2.44. The van der Waals surface area contributed by atoms with Crippen LogP contribution in [0.4, 0.5) is 5.69 Å². The lowest BCUT2D eigenvalue weighted by Crippen LogP contribution is -2.15. The van der Waals surface area contributed by atoms with Crippen molar-refractivity contribution in [1.82, 2.24) is 0 Å². The largest absolute Gasteiger partial charge is 0.497 e. The van der Waals surface area contributed by atoms with E-state index in [2.05, 4.69) is 5.32 Å². The number of ether oxygens (including phenoxy) is 1. The summed E-state index contributed by atoms with van der Waals surface area (Å²) in [4.78, 5) is 23.4. The third-order valence-electron chi connectivity index (χ3n) is 4.83. The van der Waals surface area contributed by atoms with Crippen molar-refractivity contribution < 1.29 is 19.4 Å². The lowest BCUT2D eigenvalue weighted by molar-refractivity contribution is -0.141. The highest BCUT2D eigenvalue weighted by Crippen LogP contribution is 2.48. The van der Waals surface area contributed by atoms with Crippen LogP contribution < -0.4 is 10.1 Å². The second-order valence-corrected chi connectivity index (χ2v) is 6.85. The van der Waals surface area contributed by atoms with E-state index in [0.717, 1.165) is 29.0 Å². The van der Waals surface area contributed by atoms with Crippen LogP contribution in [0.15, 0.2) is 48.5 Å². The minimum atomic E-state index is -0.806. The van der Waals surface area contributed by atoms with Crippen LogP contribution in [-0.4, -0.2) is 24.1 Å². The number of anilines is 1. The molecule has 3 atom stereocenters. The Kier molecular flexibility index (Phi) is 5.26. The van der Waals surface area contributed by atoms with Crippen LogP contribution in [0.3, 0.4) is 0 Å². The van der Waals surface area contributed by atoms with Gasteiger partial charge in [-0.25, -0.2) is 0 Å². The fourth-order valence-corrected chi connectivity index (χ4v) is 3.13. The van der Waals surface area contributed by atoms with E-state index in [1.54, 1.807) is 14.0 Å². The van der Waals surface area contributed by atoms with Gasteiger partial charge < -0.3 is 15.2 Å². The van der Waals surface area contributed by atoms with E-state index in [1.807, 2.05) is 48.5 Å². The quantitative estimate of drug-likeness (QED) is 0.796. The molecule has 5 heteroatoms. The summed E-state index contributed by atoms with van der Waals surface area (Å²) in [6.07, 6.45) is 1.32. The van der Waals surface area contributed by atoms with Gasteiger partial charge in [0.25, 0.3) is 0 Å². The zero-order valence-corrected chi connectivity index (χ0v) is 14.9. The maximum atomic E-state index is 12.4. The van der Waals surface area contributed by atoms with E-state index in [9.17, 15) is 9.59 Å². The normalized spacial score (nSPS) is 19.5. The van der Waals surface area contributed by atoms with Crippen molar-refractivity contribution in [2.75, 3.05) is 12.4 Å². The van der Waals surface area contributed by atoms with E-state index in [1.165, 1.54) is 0 Å². The highest BCUT2D eigenvalue weighted by atomic mass is 16.5. The molecule has 0 radical (unpaired) electrons. The molecule has 0 aromatic heterocycles. The Hall–Kier alpha value is -2.82. The molecule has 5 nitrogen and oxygen atoms in total. The predicted molar refractivity (Wildman–Crippen MR) is 99.4 cm³/mol. The molecule has 1 fully saturated rings. The fourth-order valence-electron chi connectivity index (χ4n) is 3.13. The summed E-state index contributed by atoms with van der Waals surface area (Å²) in [5.74, 6) is -0.191. The van der Waals surface area contributed by atoms with Gasteiger partial charge in [-0.1, -0.05) is 31.2 Å². The summed E-state index contributed by atoms with van der Waals surface area (Å²) in [5.41, 5.74) is 2.80. The number of carbonyl (C=O) groups excluding carboxylic acids is 1. The molecule has 0 saturated heterocycles. The summed E-state index contributed by atoms with van der Waals surface area (Å²) in [6, 6.07) is 15.2. The van der Waals surface area contributed by atoms with Gasteiger partial charge in [0.05, 0.1) is 13.0 Å². The Bertz CT molecular complexity index is 800. The summed E-state index contributed by atoms with van der Waals surface area (Å²) < 4.78 is 5.24. The maximum absolute atomic E-state index is 12.4. The second-order valence-electron chi connectivity index (χ2n) is 6.85. The van der Waals surface area contributed by atoms with Crippen LogP contribution in [0, 0.1) is 11.8 Å². The minimum absolute atomic E-state index is 0.0180. The molecule has 1 saturated carbocycles. The van der Waals surface area contributed by atoms with E-state index in [4.69, 9.17) is 9.84 Å². The number of methoxy groups -OCH3 is 1. The van der Waals surface area contributed by atoms with Crippen molar-refractivity contribution in [3.05, 3.63) is 59.7 Å². The van der Waals surface area contributed by atoms with Crippen molar-refractivity contribution >= 4 is 17.6 Å². The second kappa shape index (κ2) is 7.60. The van der Waals surface area contributed by atoms with Gasteiger partial charge >= 0.3 is 5.97 Å². The lowest BCUT2D eigenvalue weighted by atomic mass is 10.0. The van der Waals surface area contributed by atoms with Gasteiger partial charge in [0, 0.05) is 11.6 Å². The molecule has 26 heavy (non-hydrogen) atoms.